The van der Waals surface area contributed by atoms with Crippen molar-refractivity contribution in [1.29, 1.82) is 0 Å². The smallest absolute Gasteiger partial charge is 0.246 e. The molecule has 1 aromatic carbocycles. The predicted octanol–water partition coefficient (Wildman–Crippen LogP) is 0.845. The van der Waals surface area contributed by atoms with E-state index in [0.717, 1.165) is 24.4 Å². The Bertz CT molecular complexity index is 477. The van der Waals surface area contributed by atoms with Gasteiger partial charge >= 0.3 is 0 Å². The second-order valence-electron chi connectivity index (χ2n) is 5.00. The van der Waals surface area contributed by atoms with Crippen molar-refractivity contribution in [2.24, 2.45) is 0 Å². The van der Waals surface area contributed by atoms with E-state index in [1.165, 1.54) is 0 Å². The molecule has 1 aromatic rings. The molecule has 114 valence electrons. The molecule has 0 radical (unpaired) electrons. The molecule has 1 N–H and O–H groups in total. The van der Waals surface area contributed by atoms with Crippen molar-refractivity contribution in [1.82, 2.24) is 9.80 Å². The Balaban J connectivity index is 1.85. The van der Waals surface area contributed by atoms with Gasteiger partial charge < -0.3 is 14.7 Å². The summed E-state index contributed by atoms with van der Waals surface area (Å²) in [4.78, 5) is 16.1. The number of hydrogen-bond acceptors (Lipinski definition) is 4. The molecule has 0 spiro atoms. The van der Waals surface area contributed by atoms with E-state index < -0.39 is 0 Å². The minimum absolute atomic E-state index is 0.0365. The maximum Gasteiger partial charge on any atom is 0.246 e. The minimum atomic E-state index is 0.0365. The molecule has 1 fully saturated rings. The van der Waals surface area contributed by atoms with Crippen LogP contribution in [0, 0.1) is 0 Å². The second-order valence-corrected chi connectivity index (χ2v) is 5.00. The molecule has 0 atom stereocenters. The summed E-state index contributed by atoms with van der Waals surface area (Å²) in [7, 11) is 1.63. The Morgan fingerprint density at radius 1 is 1.24 bits per heavy atom. The van der Waals surface area contributed by atoms with Gasteiger partial charge in [-0.25, -0.2) is 0 Å². The number of β-amino-alcohol motifs (C(OH)–C–C–N with tert-alkyl or cyclic N) is 1. The zero-order valence-corrected chi connectivity index (χ0v) is 12.4. The molecule has 0 unspecified atom stereocenters. The summed E-state index contributed by atoms with van der Waals surface area (Å²) in [5, 5.41) is 8.90. The quantitative estimate of drug-likeness (QED) is 0.817. The van der Waals surface area contributed by atoms with E-state index in [9.17, 15) is 4.79 Å². The number of hydrogen-bond donors (Lipinski definition) is 1. The highest BCUT2D eigenvalue weighted by atomic mass is 16.5. The Morgan fingerprint density at radius 3 is 2.48 bits per heavy atom. The summed E-state index contributed by atoms with van der Waals surface area (Å²) < 4.78 is 5.10. The average Bonchev–Trinajstić information content (AvgIpc) is 2.54. The van der Waals surface area contributed by atoms with Gasteiger partial charge in [-0.15, -0.1) is 0 Å². The first-order valence-electron chi connectivity index (χ1n) is 7.17. The Kier molecular flexibility index (Phi) is 5.78. The highest BCUT2D eigenvalue weighted by Crippen LogP contribution is 2.12. The number of rotatable bonds is 5. The number of aliphatic hydroxyl groups excluding tert-OH is 1. The summed E-state index contributed by atoms with van der Waals surface area (Å²) in [5.74, 6) is 0.841. The topological polar surface area (TPSA) is 53.0 Å². The minimum Gasteiger partial charge on any atom is -0.497 e. The summed E-state index contributed by atoms with van der Waals surface area (Å²) in [6.45, 7) is 3.93. The largest absolute Gasteiger partial charge is 0.497 e. The molecule has 0 aromatic heterocycles. The van der Waals surface area contributed by atoms with Crippen LogP contribution in [0.1, 0.15) is 5.56 Å². The highest BCUT2D eigenvalue weighted by Gasteiger charge is 2.18. The lowest BCUT2D eigenvalue weighted by Crippen LogP contribution is -2.48. The van der Waals surface area contributed by atoms with Crippen LogP contribution in [0.4, 0.5) is 0 Å². The molecule has 1 heterocycles. The Labute approximate surface area is 125 Å². The van der Waals surface area contributed by atoms with Gasteiger partial charge in [-0.2, -0.15) is 0 Å². The molecule has 21 heavy (non-hydrogen) atoms. The van der Waals surface area contributed by atoms with Crippen LogP contribution in [0.25, 0.3) is 6.08 Å². The molecule has 0 aliphatic carbocycles. The molecule has 0 bridgehead atoms. The van der Waals surface area contributed by atoms with Crippen molar-refractivity contribution in [3.05, 3.63) is 35.9 Å². The van der Waals surface area contributed by atoms with Crippen LogP contribution in [0.2, 0.25) is 0 Å². The summed E-state index contributed by atoms with van der Waals surface area (Å²) in [6.07, 6.45) is 3.44. The fraction of sp³-hybridized carbons (Fsp3) is 0.438. The number of aliphatic hydroxyl groups is 1. The van der Waals surface area contributed by atoms with Crippen molar-refractivity contribution in [2.45, 2.75) is 0 Å². The van der Waals surface area contributed by atoms with Crippen LogP contribution >= 0.6 is 0 Å². The lowest BCUT2D eigenvalue weighted by molar-refractivity contribution is -0.127. The van der Waals surface area contributed by atoms with Crippen LogP contribution in [-0.2, 0) is 4.79 Å². The van der Waals surface area contributed by atoms with Crippen LogP contribution in [-0.4, -0.2) is 67.3 Å². The first-order chi connectivity index (χ1) is 10.2. The zero-order valence-electron chi connectivity index (χ0n) is 12.4. The van der Waals surface area contributed by atoms with Crippen molar-refractivity contribution in [3.8, 4) is 5.75 Å². The fourth-order valence-corrected chi connectivity index (χ4v) is 2.32. The molecule has 1 amide bonds. The third kappa shape index (κ3) is 4.58. The summed E-state index contributed by atoms with van der Waals surface area (Å²) in [5.41, 5.74) is 0.975. The van der Waals surface area contributed by atoms with Crippen molar-refractivity contribution >= 4 is 12.0 Å². The van der Waals surface area contributed by atoms with Crippen LogP contribution in [0.15, 0.2) is 30.3 Å². The Hall–Kier alpha value is -1.85. The van der Waals surface area contributed by atoms with Crippen molar-refractivity contribution in [3.63, 3.8) is 0 Å². The van der Waals surface area contributed by atoms with E-state index >= 15 is 0 Å². The van der Waals surface area contributed by atoms with Gasteiger partial charge in [-0.05, 0) is 23.8 Å². The van der Waals surface area contributed by atoms with Gasteiger partial charge in [0.15, 0.2) is 0 Å². The number of ether oxygens (including phenoxy) is 1. The SMILES string of the molecule is COc1ccc(/C=C/C(=O)N2CCN(CCO)CC2)cc1. The van der Waals surface area contributed by atoms with Gasteiger partial charge in [0.1, 0.15) is 5.75 Å². The number of nitrogens with zero attached hydrogens (tertiary/aromatic N) is 2. The zero-order chi connectivity index (χ0) is 15.1. The number of carbonyl (C=O) groups excluding carboxylic acids is 1. The average molecular weight is 290 g/mol. The molecular formula is C16H22N2O3. The van der Waals surface area contributed by atoms with Crippen LogP contribution in [0.3, 0.4) is 0 Å². The highest BCUT2D eigenvalue weighted by molar-refractivity contribution is 5.91. The van der Waals surface area contributed by atoms with Crippen LogP contribution < -0.4 is 4.74 Å². The van der Waals surface area contributed by atoms with Gasteiger partial charge in [-0.3, -0.25) is 9.69 Å². The van der Waals surface area contributed by atoms with Gasteiger partial charge in [0, 0.05) is 38.8 Å². The molecular weight excluding hydrogens is 268 g/mol. The Morgan fingerprint density at radius 2 is 1.90 bits per heavy atom. The maximum absolute atomic E-state index is 12.1. The van der Waals surface area contributed by atoms with E-state index in [0.29, 0.717) is 19.6 Å². The van der Waals surface area contributed by atoms with Gasteiger partial charge in [0.05, 0.1) is 13.7 Å². The number of carbonyl (C=O) groups is 1. The number of amides is 1. The standard InChI is InChI=1S/C16H22N2O3/c1-21-15-5-2-14(3-6-15)4-7-16(20)18-10-8-17(9-11-18)12-13-19/h2-7,19H,8-13H2,1H3/b7-4+. The van der Waals surface area contributed by atoms with Crippen LogP contribution in [0.5, 0.6) is 5.75 Å². The predicted molar refractivity (Wildman–Crippen MR) is 82.1 cm³/mol. The van der Waals surface area contributed by atoms with Crippen molar-refractivity contribution < 1.29 is 14.6 Å². The first-order valence-corrected chi connectivity index (χ1v) is 7.17. The second kappa shape index (κ2) is 7.81. The van der Waals surface area contributed by atoms with E-state index in [4.69, 9.17) is 9.84 Å². The lowest BCUT2D eigenvalue weighted by atomic mass is 10.2. The summed E-state index contributed by atoms with van der Waals surface area (Å²) in [6, 6.07) is 7.58. The normalized spacial score (nSPS) is 16.4. The van der Waals surface area contributed by atoms with Gasteiger partial charge in [0.2, 0.25) is 5.91 Å². The van der Waals surface area contributed by atoms with Gasteiger partial charge in [0.25, 0.3) is 0 Å². The van der Waals surface area contributed by atoms with E-state index in [1.54, 1.807) is 13.2 Å². The number of piperazine rings is 1. The first kappa shape index (κ1) is 15.5. The third-order valence-electron chi connectivity index (χ3n) is 3.63. The lowest BCUT2D eigenvalue weighted by Gasteiger charge is -2.33. The molecule has 5 heteroatoms. The number of benzene rings is 1. The molecule has 1 aliphatic heterocycles. The maximum atomic E-state index is 12.1. The fourth-order valence-electron chi connectivity index (χ4n) is 2.32. The molecule has 1 saturated heterocycles. The monoisotopic (exact) mass is 290 g/mol. The van der Waals surface area contributed by atoms with E-state index in [2.05, 4.69) is 4.90 Å². The summed E-state index contributed by atoms with van der Waals surface area (Å²) >= 11 is 0. The van der Waals surface area contributed by atoms with E-state index in [-0.39, 0.29) is 12.5 Å². The van der Waals surface area contributed by atoms with Crippen molar-refractivity contribution in [2.75, 3.05) is 46.4 Å². The van der Waals surface area contributed by atoms with Gasteiger partial charge in [-0.1, -0.05) is 12.1 Å². The number of methoxy groups -OCH3 is 1. The molecule has 1 aliphatic rings. The third-order valence-corrected chi connectivity index (χ3v) is 3.63. The molecule has 2 rings (SSSR count). The molecule has 0 saturated carbocycles. The van der Waals surface area contributed by atoms with E-state index in [1.807, 2.05) is 35.2 Å². The molecule has 5 nitrogen and oxygen atoms in total.